The molecular weight excluding hydrogens is 440 g/mol. The summed E-state index contributed by atoms with van der Waals surface area (Å²) < 4.78 is 26.4. The first-order valence-electron chi connectivity index (χ1n) is 10.7. The summed E-state index contributed by atoms with van der Waals surface area (Å²) in [7, 11) is 0. The van der Waals surface area contributed by atoms with Gasteiger partial charge >= 0.3 is 0 Å². The molecule has 1 amide bonds. The van der Waals surface area contributed by atoms with E-state index >= 15 is 0 Å². The van der Waals surface area contributed by atoms with E-state index in [2.05, 4.69) is 14.1 Å². The monoisotopic (exact) mass is 464 g/mol. The van der Waals surface area contributed by atoms with Crippen molar-refractivity contribution in [3.05, 3.63) is 72.3 Å². The number of nitrogens with two attached hydrogens (primary N) is 1. The number of rotatable bonds is 5. The number of benzene rings is 2. The largest absolute Gasteiger partial charge is 0.566 e. The molecule has 3 N–H and O–H groups in total. The lowest BCUT2D eigenvalue weighted by Gasteiger charge is -2.33. The fourth-order valence-electron chi connectivity index (χ4n) is 4.24. The van der Waals surface area contributed by atoms with Gasteiger partial charge in [0.2, 0.25) is 11.5 Å². The molecule has 2 atom stereocenters. The molecule has 2 aromatic carbocycles. The van der Waals surface area contributed by atoms with E-state index in [0.717, 1.165) is 25.1 Å². The number of anilines is 1. The summed E-state index contributed by atoms with van der Waals surface area (Å²) in [6.07, 6.45) is 7.16. The number of amidine groups is 1. The average Bonchev–Trinajstić information content (AvgIpc) is 3.37. The van der Waals surface area contributed by atoms with Crippen LogP contribution in [0.25, 0.3) is 5.69 Å². The number of ether oxygens (including phenoxy) is 1. The Bertz CT molecular complexity index is 1180. The number of aromatic nitrogens is 2. The molecule has 1 aromatic heterocycles. The highest BCUT2D eigenvalue weighted by molar-refractivity contribution is 7.91. The third-order valence-corrected chi connectivity index (χ3v) is 6.59. The number of amides is 1. The normalized spacial score (nSPS) is 19.9. The van der Waals surface area contributed by atoms with Gasteiger partial charge < -0.3 is 24.5 Å². The first-order valence-corrected chi connectivity index (χ1v) is 11.9. The zero-order chi connectivity index (χ0) is 22.8. The van der Waals surface area contributed by atoms with E-state index in [9.17, 15) is 9.35 Å². The molecule has 9 nitrogen and oxygen atoms in total. The number of likely N-dealkylation sites (tertiary alicyclic amines) is 1. The quantitative estimate of drug-likeness (QED) is 0.560. The summed E-state index contributed by atoms with van der Waals surface area (Å²) in [5.41, 5.74) is 8.81. The molecule has 33 heavy (non-hydrogen) atoms. The molecule has 0 spiro atoms. The van der Waals surface area contributed by atoms with Crippen LogP contribution in [0.2, 0.25) is 0 Å². The van der Waals surface area contributed by atoms with Crippen molar-refractivity contribution in [1.29, 1.82) is 0 Å². The number of carbonyl (C=O) groups excluding carboxylic acids is 1. The number of nitrogens with one attached hydrogen (secondary N) is 1. The number of fused-ring (bicyclic) bond motifs is 1. The van der Waals surface area contributed by atoms with E-state index in [-0.39, 0.29) is 17.7 Å². The Morgan fingerprint density at radius 1 is 1.30 bits per heavy atom. The molecule has 0 bridgehead atoms. The Kier molecular flexibility index (Phi) is 5.93. The Labute approximate surface area is 194 Å². The number of carbonyl (C=O) groups is 1. The average molecular weight is 465 g/mol. The molecule has 5 rings (SSSR count). The van der Waals surface area contributed by atoms with Crippen LogP contribution in [0.4, 0.5) is 5.69 Å². The summed E-state index contributed by atoms with van der Waals surface area (Å²) in [6, 6.07) is 13.0. The van der Waals surface area contributed by atoms with Gasteiger partial charge in [0.05, 0.1) is 24.2 Å². The number of hydrogen-bond donors (Lipinski definition) is 2. The van der Waals surface area contributed by atoms with Gasteiger partial charge in [0.25, 0.3) is 5.91 Å². The molecule has 0 aliphatic carbocycles. The van der Waals surface area contributed by atoms with E-state index in [0.29, 0.717) is 35.7 Å². The fraction of sp³-hybridized carbons (Fsp3) is 0.261. The number of hydrogen-bond acceptors (Lipinski definition) is 7. The second kappa shape index (κ2) is 9.16. The van der Waals surface area contributed by atoms with Crippen LogP contribution in [0.15, 0.2) is 65.6 Å². The van der Waals surface area contributed by atoms with Crippen LogP contribution in [0.1, 0.15) is 28.8 Å². The lowest BCUT2D eigenvalue weighted by atomic mass is 9.98. The van der Waals surface area contributed by atoms with E-state index < -0.39 is 11.5 Å². The van der Waals surface area contributed by atoms with Gasteiger partial charge in [-0.15, -0.1) is 0 Å². The minimum absolute atomic E-state index is 0.0156. The summed E-state index contributed by atoms with van der Waals surface area (Å²) in [5, 5.41) is 0. The third-order valence-electron chi connectivity index (χ3n) is 5.84. The molecule has 3 heterocycles. The minimum Gasteiger partial charge on any atom is -0.566 e. The predicted molar refractivity (Wildman–Crippen MR) is 127 cm³/mol. The maximum atomic E-state index is 13.2. The van der Waals surface area contributed by atoms with Crippen molar-refractivity contribution < 1.29 is 14.1 Å². The highest BCUT2D eigenvalue weighted by Gasteiger charge is 2.27. The van der Waals surface area contributed by atoms with Crippen molar-refractivity contribution in [2.75, 3.05) is 24.4 Å². The van der Waals surface area contributed by atoms with Crippen molar-refractivity contribution in [3.8, 4) is 11.4 Å². The van der Waals surface area contributed by atoms with E-state index in [1.807, 2.05) is 52.1 Å². The van der Waals surface area contributed by atoms with Crippen LogP contribution in [0, 0.1) is 5.92 Å². The third kappa shape index (κ3) is 4.53. The van der Waals surface area contributed by atoms with Gasteiger partial charge in [-0.25, -0.2) is 4.98 Å². The fourth-order valence-corrected chi connectivity index (χ4v) is 4.91. The van der Waals surface area contributed by atoms with Gasteiger partial charge in [-0.2, -0.15) is 4.72 Å². The van der Waals surface area contributed by atoms with Crippen molar-refractivity contribution in [3.63, 3.8) is 0 Å². The Morgan fingerprint density at radius 2 is 2.18 bits per heavy atom. The molecule has 2 unspecified atom stereocenters. The van der Waals surface area contributed by atoms with Crippen molar-refractivity contribution >= 4 is 29.0 Å². The van der Waals surface area contributed by atoms with Crippen LogP contribution < -0.4 is 15.2 Å². The summed E-state index contributed by atoms with van der Waals surface area (Å²) in [5.74, 6) is 0.992. The van der Waals surface area contributed by atoms with Crippen LogP contribution in [0.3, 0.4) is 0 Å². The molecule has 3 aromatic rings. The first-order chi connectivity index (χ1) is 16.1. The predicted octanol–water partition coefficient (Wildman–Crippen LogP) is 2.51. The topological polar surface area (TPSA) is 121 Å². The smallest absolute Gasteiger partial charge is 0.253 e. The number of imidazole rings is 1. The van der Waals surface area contributed by atoms with Crippen LogP contribution >= 0.6 is 0 Å². The standard InChI is InChI=1S/C23H24N6O3S/c24-22-21-19(26-33(31)27-22)7-2-8-20(21)32-14-16-4-3-10-28(13-16)23(30)17-5-1-6-18(12-17)29-11-9-25-15-29/h1-2,5-9,11-12,15-16,26H,3-4,10,13-14H2,(H2,24,27). The summed E-state index contributed by atoms with van der Waals surface area (Å²) >= 11 is -1.58. The molecule has 170 valence electrons. The van der Waals surface area contributed by atoms with Crippen molar-refractivity contribution in [1.82, 2.24) is 14.5 Å². The van der Waals surface area contributed by atoms with Gasteiger partial charge in [-0.1, -0.05) is 12.1 Å². The van der Waals surface area contributed by atoms with Gasteiger partial charge in [-0.3, -0.25) is 4.79 Å². The zero-order valence-corrected chi connectivity index (χ0v) is 18.7. The second-order valence-electron chi connectivity index (χ2n) is 8.10. The van der Waals surface area contributed by atoms with Gasteiger partial charge in [-0.05, 0) is 47.6 Å². The van der Waals surface area contributed by atoms with Crippen LogP contribution in [-0.4, -0.2) is 50.4 Å². The van der Waals surface area contributed by atoms with Crippen molar-refractivity contribution in [2.24, 2.45) is 16.0 Å². The zero-order valence-electron chi connectivity index (χ0n) is 17.9. The number of piperidine rings is 1. The molecule has 1 fully saturated rings. The van der Waals surface area contributed by atoms with Crippen LogP contribution in [0.5, 0.6) is 5.75 Å². The van der Waals surface area contributed by atoms with Crippen LogP contribution in [-0.2, 0) is 11.5 Å². The molecule has 0 saturated carbocycles. The molecule has 0 radical (unpaired) electrons. The molecular formula is C23H24N6O3S. The van der Waals surface area contributed by atoms with Crippen molar-refractivity contribution in [2.45, 2.75) is 12.8 Å². The molecule has 1 saturated heterocycles. The summed E-state index contributed by atoms with van der Waals surface area (Å²) in [6.45, 7) is 1.79. The molecule has 2 aliphatic heterocycles. The van der Waals surface area contributed by atoms with E-state index in [1.54, 1.807) is 18.6 Å². The second-order valence-corrected chi connectivity index (χ2v) is 8.98. The highest BCUT2D eigenvalue weighted by Crippen LogP contribution is 2.31. The number of nitrogens with zero attached hydrogens (tertiary/aromatic N) is 4. The van der Waals surface area contributed by atoms with Gasteiger partial charge in [0.1, 0.15) is 5.75 Å². The van der Waals surface area contributed by atoms with E-state index in [1.165, 1.54) is 0 Å². The Hall–Kier alpha value is -3.50. The van der Waals surface area contributed by atoms with Gasteiger partial charge in [0, 0.05) is 42.7 Å². The summed E-state index contributed by atoms with van der Waals surface area (Å²) in [4.78, 5) is 19.2. The Morgan fingerprint density at radius 3 is 3.03 bits per heavy atom. The molecule has 2 aliphatic rings. The maximum Gasteiger partial charge on any atom is 0.253 e. The minimum atomic E-state index is -1.58. The Balaban J connectivity index is 1.25. The lowest BCUT2D eigenvalue weighted by molar-refractivity contribution is 0.0633. The molecule has 10 heteroatoms. The maximum absolute atomic E-state index is 13.2. The SMILES string of the molecule is NC1=N[S+]([O-])Nc2cccc(OCC3CCCN(C(=O)c4cccc(-n5ccnc5)c4)C3)c21. The van der Waals surface area contributed by atoms with Gasteiger partial charge in [0.15, 0.2) is 5.84 Å². The van der Waals surface area contributed by atoms with E-state index in [4.69, 9.17) is 10.5 Å². The first kappa shape index (κ1) is 21.4. The highest BCUT2D eigenvalue weighted by atomic mass is 32.2. The lowest BCUT2D eigenvalue weighted by Crippen LogP contribution is -2.41.